The highest BCUT2D eigenvalue weighted by Crippen LogP contribution is 2.20. The highest BCUT2D eigenvalue weighted by molar-refractivity contribution is 5.94. The molecule has 1 fully saturated rings. The van der Waals surface area contributed by atoms with Crippen molar-refractivity contribution in [2.45, 2.75) is 44.8 Å². The number of pyridine rings is 1. The summed E-state index contributed by atoms with van der Waals surface area (Å²) in [7, 11) is 2.98. The Bertz CT molecular complexity index is 802. The minimum atomic E-state index is -0.940. The molecule has 0 spiro atoms. The molecule has 2 atom stereocenters. The molecule has 8 heteroatoms. The van der Waals surface area contributed by atoms with Gasteiger partial charge in [-0.2, -0.15) is 4.39 Å². The van der Waals surface area contributed by atoms with Gasteiger partial charge < -0.3 is 19.5 Å². The topological polar surface area (TPSA) is 69.7 Å². The minimum Gasteiger partial charge on any atom is -0.494 e. The van der Waals surface area contributed by atoms with Crippen LogP contribution in [-0.4, -0.2) is 43.9 Å². The van der Waals surface area contributed by atoms with E-state index in [9.17, 15) is 13.6 Å². The predicted molar refractivity (Wildman–Crippen MR) is 110 cm³/mol. The van der Waals surface area contributed by atoms with Gasteiger partial charge in [-0.15, -0.1) is 0 Å². The van der Waals surface area contributed by atoms with Crippen LogP contribution in [0.3, 0.4) is 0 Å². The van der Waals surface area contributed by atoms with E-state index in [1.54, 1.807) is 13.3 Å². The van der Waals surface area contributed by atoms with Gasteiger partial charge in [0.15, 0.2) is 11.6 Å². The number of aromatic nitrogens is 1. The molecule has 1 aliphatic rings. The lowest BCUT2D eigenvalue weighted by molar-refractivity contribution is -0.126. The molecule has 2 aromatic rings. The number of nitrogens with zero attached hydrogens (tertiary/aromatic N) is 1. The van der Waals surface area contributed by atoms with Crippen LogP contribution >= 0.6 is 0 Å². The molecule has 1 aliphatic heterocycles. The second-order valence-corrected chi connectivity index (χ2v) is 6.89. The van der Waals surface area contributed by atoms with Crippen molar-refractivity contribution >= 4 is 11.6 Å². The fraction of sp³-hybridized carbons (Fsp3) is 0.455. The number of rotatable bonds is 7. The number of nitrogens with one attached hydrogen (secondary N) is 1. The van der Waals surface area contributed by atoms with Gasteiger partial charge in [-0.05, 0) is 56.9 Å². The van der Waals surface area contributed by atoms with Crippen LogP contribution in [0.2, 0.25) is 0 Å². The van der Waals surface area contributed by atoms with Crippen LogP contribution in [0.15, 0.2) is 36.5 Å². The van der Waals surface area contributed by atoms with Crippen molar-refractivity contribution in [1.82, 2.24) is 4.98 Å². The van der Waals surface area contributed by atoms with Gasteiger partial charge in [0, 0.05) is 19.4 Å². The van der Waals surface area contributed by atoms with Crippen molar-refractivity contribution in [2.75, 3.05) is 26.1 Å². The molecular formula is C22H28F2N2O4. The molecule has 0 aliphatic carbocycles. The zero-order chi connectivity index (χ0) is 21.9. The Labute approximate surface area is 175 Å². The smallest absolute Gasteiger partial charge is 0.253 e. The van der Waals surface area contributed by atoms with Crippen LogP contribution in [0.4, 0.5) is 14.5 Å². The third-order valence-corrected chi connectivity index (χ3v) is 4.53. The van der Waals surface area contributed by atoms with E-state index in [4.69, 9.17) is 9.47 Å². The van der Waals surface area contributed by atoms with Gasteiger partial charge in [0.1, 0.15) is 6.10 Å². The van der Waals surface area contributed by atoms with Crippen molar-refractivity contribution in [2.24, 2.45) is 0 Å². The molecular weight excluding hydrogens is 394 g/mol. The largest absolute Gasteiger partial charge is 0.494 e. The van der Waals surface area contributed by atoms with Crippen LogP contribution in [0.1, 0.15) is 31.9 Å². The molecule has 0 bridgehead atoms. The summed E-state index contributed by atoms with van der Waals surface area (Å²) in [5, 5.41) is 2.85. The maximum absolute atomic E-state index is 12.5. The number of methoxy groups -OCH3 is 2. The molecule has 1 amide bonds. The number of benzene rings is 1. The quantitative estimate of drug-likeness (QED) is 0.679. The Kier molecular flexibility index (Phi) is 9.63. The van der Waals surface area contributed by atoms with Crippen molar-refractivity contribution in [3.8, 4) is 5.75 Å². The zero-order valence-electron chi connectivity index (χ0n) is 17.5. The summed E-state index contributed by atoms with van der Waals surface area (Å²) in [6.07, 6.45) is 5.09. The first-order valence-corrected chi connectivity index (χ1v) is 9.82. The van der Waals surface area contributed by atoms with Gasteiger partial charge in [-0.25, -0.2) is 4.39 Å². The Morgan fingerprint density at radius 2 is 2.03 bits per heavy atom. The number of ether oxygens (including phenoxy) is 3. The molecule has 1 saturated heterocycles. The first kappa shape index (κ1) is 23.7. The lowest BCUT2D eigenvalue weighted by Crippen LogP contribution is -2.27. The summed E-state index contributed by atoms with van der Waals surface area (Å²) in [6, 6.07) is 7.60. The normalized spacial score (nSPS) is 17.8. The number of anilines is 1. The summed E-state index contributed by atoms with van der Waals surface area (Å²) in [4.78, 5) is 16.3. The van der Waals surface area contributed by atoms with Gasteiger partial charge in [0.2, 0.25) is 5.82 Å². The Morgan fingerprint density at radius 1 is 1.23 bits per heavy atom. The maximum atomic E-state index is 12.5. The van der Waals surface area contributed by atoms with E-state index < -0.39 is 11.6 Å². The number of amides is 1. The molecule has 30 heavy (non-hydrogen) atoms. The van der Waals surface area contributed by atoms with Crippen LogP contribution < -0.4 is 10.1 Å². The lowest BCUT2D eigenvalue weighted by atomic mass is 10.2. The van der Waals surface area contributed by atoms with E-state index in [0.29, 0.717) is 5.69 Å². The molecule has 164 valence electrons. The molecule has 0 radical (unpaired) electrons. The standard InChI is InChI=1S/C15H22N2O3.C7H6F2O/c1-11-5-8-14(20-11)15(18)17-13-7-6-12(16-10-13)4-3-9-19-2;1-10-6-4-2-3-5(8)7(6)9/h6-7,10-11,14H,3-5,8-9H2,1-2H3,(H,17,18);2-4H,1H3. The van der Waals surface area contributed by atoms with Crippen molar-refractivity contribution in [3.05, 3.63) is 53.9 Å². The average molecular weight is 422 g/mol. The summed E-state index contributed by atoms with van der Waals surface area (Å²) >= 11 is 0. The number of hydrogen-bond acceptors (Lipinski definition) is 5. The van der Waals surface area contributed by atoms with E-state index in [1.807, 2.05) is 19.1 Å². The average Bonchev–Trinajstić information content (AvgIpc) is 3.18. The van der Waals surface area contributed by atoms with Crippen LogP contribution in [-0.2, 0) is 20.7 Å². The molecule has 1 aromatic carbocycles. The van der Waals surface area contributed by atoms with E-state index in [1.165, 1.54) is 19.2 Å². The van der Waals surface area contributed by atoms with E-state index in [0.717, 1.165) is 44.1 Å². The van der Waals surface area contributed by atoms with Crippen LogP contribution in [0, 0.1) is 11.6 Å². The van der Waals surface area contributed by atoms with Crippen LogP contribution in [0.5, 0.6) is 5.75 Å². The lowest BCUT2D eigenvalue weighted by Gasteiger charge is -2.11. The van der Waals surface area contributed by atoms with E-state index >= 15 is 0 Å². The highest BCUT2D eigenvalue weighted by atomic mass is 19.2. The van der Waals surface area contributed by atoms with Crippen molar-refractivity contribution < 1.29 is 27.8 Å². The molecule has 1 aromatic heterocycles. The first-order chi connectivity index (χ1) is 14.4. The summed E-state index contributed by atoms with van der Waals surface area (Å²) in [5.74, 6) is -1.98. The fourth-order valence-electron chi connectivity index (χ4n) is 2.90. The SMILES string of the molecule is COCCCc1ccc(NC(=O)C2CCC(C)O2)cn1.COc1cccc(F)c1F. The van der Waals surface area contributed by atoms with Gasteiger partial charge in [0.25, 0.3) is 5.91 Å². The van der Waals surface area contributed by atoms with Gasteiger partial charge in [0.05, 0.1) is 25.1 Å². The molecule has 2 heterocycles. The monoisotopic (exact) mass is 422 g/mol. The molecule has 6 nitrogen and oxygen atoms in total. The minimum absolute atomic E-state index is 0.0694. The van der Waals surface area contributed by atoms with Crippen LogP contribution in [0.25, 0.3) is 0 Å². The predicted octanol–water partition coefficient (Wildman–Crippen LogP) is 4.14. The maximum Gasteiger partial charge on any atom is 0.253 e. The van der Waals surface area contributed by atoms with Gasteiger partial charge in [-0.3, -0.25) is 9.78 Å². The third-order valence-electron chi connectivity index (χ3n) is 4.53. The van der Waals surface area contributed by atoms with Gasteiger partial charge >= 0.3 is 0 Å². The van der Waals surface area contributed by atoms with E-state index in [-0.39, 0.29) is 23.9 Å². The Balaban J connectivity index is 0.000000269. The number of hydrogen-bond donors (Lipinski definition) is 1. The van der Waals surface area contributed by atoms with E-state index in [2.05, 4.69) is 15.0 Å². The number of carbonyl (C=O) groups excluding carboxylic acids is 1. The van der Waals surface area contributed by atoms with Gasteiger partial charge in [-0.1, -0.05) is 6.07 Å². The summed E-state index contributed by atoms with van der Waals surface area (Å²) < 4.78 is 39.9. The molecule has 2 unspecified atom stereocenters. The van der Waals surface area contributed by atoms with Crippen molar-refractivity contribution in [1.29, 1.82) is 0 Å². The fourth-order valence-corrected chi connectivity index (χ4v) is 2.90. The molecule has 0 saturated carbocycles. The highest BCUT2D eigenvalue weighted by Gasteiger charge is 2.28. The number of halogens is 2. The van der Waals surface area contributed by atoms with Crippen molar-refractivity contribution in [3.63, 3.8) is 0 Å². The second kappa shape index (κ2) is 12.2. The number of aryl methyl sites for hydroxylation is 1. The summed E-state index contributed by atoms with van der Waals surface area (Å²) in [5.41, 5.74) is 1.72. The number of carbonyl (C=O) groups is 1. The molecule has 3 rings (SSSR count). The zero-order valence-corrected chi connectivity index (χ0v) is 17.5. The Morgan fingerprint density at radius 3 is 2.60 bits per heavy atom. The summed E-state index contributed by atoms with van der Waals surface area (Å²) in [6.45, 7) is 2.72. The second-order valence-electron chi connectivity index (χ2n) is 6.89. The third kappa shape index (κ3) is 7.35. The Hall–Kier alpha value is -2.58. The first-order valence-electron chi connectivity index (χ1n) is 9.82. The molecule has 1 N–H and O–H groups in total.